The minimum Gasteiger partial charge on any atom is -0.380 e. The van der Waals surface area contributed by atoms with E-state index in [9.17, 15) is 4.39 Å². The third-order valence-electron chi connectivity index (χ3n) is 2.85. The highest BCUT2D eigenvalue weighted by molar-refractivity contribution is 7.19. The van der Waals surface area contributed by atoms with E-state index in [0.29, 0.717) is 6.61 Å². The van der Waals surface area contributed by atoms with Crippen LogP contribution in [0, 0.1) is 5.82 Å². The van der Waals surface area contributed by atoms with Crippen LogP contribution in [0.4, 0.5) is 4.39 Å². The number of benzene rings is 1. The monoisotopic (exact) mass is 267 g/mol. The first-order chi connectivity index (χ1) is 8.77. The lowest BCUT2D eigenvalue weighted by atomic mass is 10.1. The zero-order chi connectivity index (χ0) is 13.0. The molecule has 0 amide bonds. The molecule has 0 unspecified atom stereocenters. The zero-order valence-corrected chi connectivity index (χ0v) is 11.6. The molecule has 98 valence electrons. The summed E-state index contributed by atoms with van der Waals surface area (Å²) in [5, 5.41) is 4.34. The Hall–Kier alpha value is -0.970. The van der Waals surface area contributed by atoms with Crippen molar-refractivity contribution in [1.82, 2.24) is 5.32 Å². The number of ether oxygens (including phenoxy) is 1. The minimum absolute atomic E-state index is 0.142. The Morgan fingerprint density at radius 3 is 2.94 bits per heavy atom. The van der Waals surface area contributed by atoms with E-state index in [1.807, 2.05) is 6.07 Å². The van der Waals surface area contributed by atoms with Crippen LogP contribution in [0.2, 0.25) is 0 Å². The summed E-state index contributed by atoms with van der Waals surface area (Å²) in [7, 11) is 1.67. The van der Waals surface area contributed by atoms with Crippen molar-refractivity contribution in [1.29, 1.82) is 0 Å². The van der Waals surface area contributed by atoms with Gasteiger partial charge < -0.3 is 10.1 Å². The normalized spacial score (nSPS) is 11.3. The van der Waals surface area contributed by atoms with Crippen molar-refractivity contribution in [2.45, 2.75) is 26.5 Å². The molecule has 4 heteroatoms. The number of fused-ring (bicyclic) bond motifs is 1. The van der Waals surface area contributed by atoms with Crippen LogP contribution < -0.4 is 5.32 Å². The molecule has 1 aromatic heterocycles. The second kappa shape index (κ2) is 6.27. The van der Waals surface area contributed by atoms with E-state index in [1.54, 1.807) is 13.2 Å². The number of thiophene rings is 1. The molecule has 0 aliphatic heterocycles. The number of nitrogens with one attached hydrogen (secondary N) is 1. The fraction of sp³-hybridized carbons (Fsp3) is 0.429. The maximum atomic E-state index is 13.8. The van der Waals surface area contributed by atoms with E-state index in [1.165, 1.54) is 22.3 Å². The Kier molecular flexibility index (Phi) is 4.69. The minimum atomic E-state index is -0.142. The van der Waals surface area contributed by atoms with E-state index in [0.717, 1.165) is 35.2 Å². The summed E-state index contributed by atoms with van der Waals surface area (Å²) in [6.45, 7) is 4.43. The van der Waals surface area contributed by atoms with E-state index < -0.39 is 0 Å². The molecule has 0 radical (unpaired) electrons. The lowest BCUT2D eigenvalue weighted by Gasteiger charge is -2.04. The second-order valence-electron chi connectivity index (χ2n) is 4.23. The SMILES string of the molecule is CCCNCc1sc2c(F)cccc2c1COC. The predicted octanol–water partition coefficient (Wildman–Crippen LogP) is 3.69. The van der Waals surface area contributed by atoms with E-state index in [-0.39, 0.29) is 5.82 Å². The summed E-state index contributed by atoms with van der Waals surface area (Å²) >= 11 is 1.52. The van der Waals surface area contributed by atoms with Gasteiger partial charge in [0.2, 0.25) is 0 Å². The molecule has 0 spiro atoms. The van der Waals surface area contributed by atoms with Gasteiger partial charge in [-0.25, -0.2) is 4.39 Å². The average molecular weight is 267 g/mol. The van der Waals surface area contributed by atoms with Crippen LogP contribution in [0.25, 0.3) is 10.1 Å². The number of methoxy groups -OCH3 is 1. The molecule has 2 nitrogen and oxygen atoms in total. The lowest BCUT2D eigenvalue weighted by molar-refractivity contribution is 0.185. The summed E-state index contributed by atoms with van der Waals surface area (Å²) in [6.07, 6.45) is 1.10. The van der Waals surface area contributed by atoms with Crippen LogP contribution in [-0.2, 0) is 17.9 Å². The van der Waals surface area contributed by atoms with Crippen molar-refractivity contribution < 1.29 is 9.13 Å². The fourth-order valence-corrected chi connectivity index (χ4v) is 3.19. The Morgan fingerprint density at radius 2 is 2.22 bits per heavy atom. The van der Waals surface area contributed by atoms with Gasteiger partial charge in [0.25, 0.3) is 0 Å². The Labute approximate surface area is 111 Å². The van der Waals surface area contributed by atoms with Crippen molar-refractivity contribution in [2.24, 2.45) is 0 Å². The van der Waals surface area contributed by atoms with Gasteiger partial charge in [0, 0.05) is 29.5 Å². The van der Waals surface area contributed by atoms with Crippen molar-refractivity contribution in [3.05, 3.63) is 34.5 Å². The predicted molar refractivity (Wildman–Crippen MR) is 74.5 cm³/mol. The number of hydrogen-bond acceptors (Lipinski definition) is 3. The quantitative estimate of drug-likeness (QED) is 0.806. The molecule has 1 aromatic carbocycles. The molecule has 0 saturated carbocycles. The molecule has 0 bridgehead atoms. The molecule has 1 heterocycles. The molecule has 0 fully saturated rings. The summed E-state index contributed by atoms with van der Waals surface area (Å²) in [6, 6.07) is 5.23. The van der Waals surface area contributed by atoms with E-state index in [2.05, 4.69) is 12.2 Å². The fourth-order valence-electron chi connectivity index (χ4n) is 2.01. The Balaban J connectivity index is 2.37. The van der Waals surface area contributed by atoms with Crippen LogP contribution in [0.1, 0.15) is 23.8 Å². The first-order valence-electron chi connectivity index (χ1n) is 6.16. The van der Waals surface area contributed by atoms with E-state index in [4.69, 9.17) is 4.74 Å². The highest BCUT2D eigenvalue weighted by Crippen LogP contribution is 2.33. The van der Waals surface area contributed by atoms with Gasteiger partial charge in [-0.15, -0.1) is 11.3 Å². The lowest BCUT2D eigenvalue weighted by Crippen LogP contribution is -2.13. The second-order valence-corrected chi connectivity index (χ2v) is 5.34. The van der Waals surface area contributed by atoms with Gasteiger partial charge in [-0.1, -0.05) is 19.1 Å². The highest BCUT2D eigenvalue weighted by Gasteiger charge is 2.14. The molecule has 0 aliphatic carbocycles. The summed E-state index contributed by atoms with van der Waals surface area (Å²) < 4.78 is 19.7. The van der Waals surface area contributed by atoms with Crippen LogP contribution in [-0.4, -0.2) is 13.7 Å². The van der Waals surface area contributed by atoms with Gasteiger partial charge in [0.05, 0.1) is 11.3 Å². The largest absolute Gasteiger partial charge is 0.380 e. The molecule has 2 rings (SSSR count). The smallest absolute Gasteiger partial charge is 0.141 e. The van der Waals surface area contributed by atoms with Crippen LogP contribution >= 0.6 is 11.3 Å². The van der Waals surface area contributed by atoms with Crippen molar-refractivity contribution in [3.63, 3.8) is 0 Å². The van der Waals surface area contributed by atoms with Gasteiger partial charge >= 0.3 is 0 Å². The maximum Gasteiger partial charge on any atom is 0.141 e. The third-order valence-corrected chi connectivity index (χ3v) is 4.11. The molecule has 0 atom stereocenters. The topological polar surface area (TPSA) is 21.3 Å². The molecule has 1 N–H and O–H groups in total. The van der Waals surface area contributed by atoms with Gasteiger partial charge in [0.15, 0.2) is 0 Å². The van der Waals surface area contributed by atoms with Crippen LogP contribution in [0.3, 0.4) is 0 Å². The highest BCUT2D eigenvalue weighted by atomic mass is 32.1. The number of hydrogen-bond donors (Lipinski definition) is 1. The van der Waals surface area contributed by atoms with Crippen molar-refractivity contribution in [2.75, 3.05) is 13.7 Å². The maximum absolute atomic E-state index is 13.8. The number of halogens is 1. The third kappa shape index (κ3) is 2.71. The number of rotatable bonds is 6. The zero-order valence-electron chi connectivity index (χ0n) is 10.8. The molecular weight excluding hydrogens is 249 g/mol. The van der Waals surface area contributed by atoms with E-state index >= 15 is 0 Å². The molecule has 18 heavy (non-hydrogen) atoms. The van der Waals surface area contributed by atoms with Crippen LogP contribution in [0.15, 0.2) is 18.2 Å². The first kappa shape index (κ1) is 13.5. The van der Waals surface area contributed by atoms with Gasteiger partial charge in [0.1, 0.15) is 5.82 Å². The molecule has 0 aliphatic rings. The van der Waals surface area contributed by atoms with Crippen molar-refractivity contribution in [3.8, 4) is 0 Å². The summed E-state index contributed by atoms with van der Waals surface area (Å²) in [4.78, 5) is 1.17. The van der Waals surface area contributed by atoms with Crippen molar-refractivity contribution >= 4 is 21.4 Å². The van der Waals surface area contributed by atoms with Gasteiger partial charge in [-0.3, -0.25) is 0 Å². The summed E-state index contributed by atoms with van der Waals surface area (Å²) in [5.41, 5.74) is 1.11. The summed E-state index contributed by atoms with van der Waals surface area (Å²) in [5.74, 6) is -0.142. The van der Waals surface area contributed by atoms with Crippen LogP contribution in [0.5, 0.6) is 0 Å². The standard InChI is InChI=1S/C14H18FNOS/c1-3-7-16-8-13-11(9-17-2)10-5-4-6-12(15)14(10)18-13/h4-6,16H,3,7-9H2,1-2H3. The average Bonchev–Trinajstić information content (AvgIpc) is 2.71. The Morgan fingerprint density at radius 1 is 1.39 bits per heavy atom. The van der Waals surface area contributed by atoms with Gasteiger partial charge in [-0.2, -0.15) is 0 Å². The Bertz CT molecular complexity index is 524. The first-order valence-corrected chi connectivity index (χ1v) is 6.98. The molecule has 0 saturated heterocycles. The molecule has 2 aromatic rings. The molecular formula is C14H18FNOS. The van der Waals surface area contributed by atoms with Gasteiger partial charge in [-0.05, 0) is 19.0 Å².